The zero-order valence-electron chi connectivity index (χ0n) is 43.5. The van der Waals surface area contributed by atoms with E-state index < -0.39 is 159 Å². The normalized spacial score (nSPS) is 14.1. The Kier molecular flexibility index (Phi) is 17.0. The smallest absolute Gasteiger partial charge is 0.323 e. The van der Waals surface area contributed by atoms with Crippen LogP contribution >= 0.6 is 0 Å². The van der Waals surface area contributed by atoms with Gasteiger partial charge in [0.05, 0.1) is 27.1 Å². The third kappa shape index (κ3) is 14.1. The molecule has 7 aromatic carbocycles. The number of anilines is 5. The van der Waals surface area contributed by atoms with Crippen LogP contribution in [0.1, 0.15) is 50.0 Å². The van der Waals surface area contributed by atoms with Crippen molar-refractivity contribution in [3.63, 3.8) is 0 Å². The molecule has 0 saturated carbocycles. The molecule has 6 amide bonds. The van der Waals surface area contributed by atoms with Crippen molar-refractivity contribution in [3.8, 4) is 0 Å². The molecule has 0 radical (unpaired) electrons. The molecule has 0 heterocycles. The lowest BCUT2D eigenvalue weighted by Gasteiger charge is -2.21. The summed E-state index contributed by atoms with van der Waals surface area (Å²) in [6.07, 6.45) is 2.91. The zero-order valence-corrected chi connectivity index (χ0v) is 48.4. The average molecular weight is 1300 g/mol. The summed E-state index contributed by atoms with van der Waals surface area (Å²) in [6.45, 7) is 3.16. The van der Waals surface area contributed by atoms with Gasteiger partial charge in [-0.3, -0.25) is 46.5 Å². The molecule has 12 N–H and O–H groups in total. The predicted molar refractivity (Wildman–Crippen MR) is 305 cm³/mol. The summed E-state index contributed by atoms with van der Waals surface area (Å²) in [5.74, 6) is -4.52. The first-order chi connectivity index (χ1) is 39.8. The molecule has 0 aromatic heterocycles. The third-order valence-electron chi connectivity index (χ3n) is 12.8. The van der Waals surface area contributed by atoms with E-state index in [1.54, 1.807) is 19.9 Å². The molecule has 0 spiro atoms. The summed E-state index contributed by atoms with van der Waals surface area (Å²) >= 11 is 0. The number of rotatable bonds is 16. The van der Waals surface area contributed by atoms with Gasteiger partial charge in [0.25, 0.3) is 78.4 Å². The molecule has 35 heteroatoms. The van der Waals surface area contributed by atoms with Crippen molar-refractivity contribution in [1.82, 2.24) is 5.32 Å². The second kappa shape index (κ2) is 23.2. The van der Waals surface area contributed by atoms with Gasteiger partial charge in [-0.25, -0.2) is 4.79 Å². The first-order valence-corrected chi connectivity index (χ1v) is 32.5. The van der Waals surface area contributed by atoms with Gasteiger partial charge in [0.1, 0.15) is 19.6 Å². The Hall–Kier alpha value is -8.85. The quantitative estimate of drug-likeness (QED) is 0.0483. The summed E-state index contributed by atoms with van der Waals surface area (Å²) in [7, 11) is -31.8. The van der Waals surface area contributed by atoms with Crippen LogP contribution in [0.2, 0.25) is 0 Å². The summed E-state index contributed by atoms with van der Waals surface area (Å²) in [5.41, 5.74) is 0.0486. The Labute approximate surface area is 487 Å². The van der Waals surface area contributed by atoms with E-state index in [-0.39, 0.29) is 45.9 Å². The molecule has 0 aliphatic heterocycles. The second-order valence-corrected chi connectivity index (χ2v) is 27.1. The van der Waals surface area contributed by atoms with E-state index in [2.05, 4.69) is 31.9 Å². The highest BCUT2D eigenvalue weighted by Crippen LogP contribution is 2.39. The van der Waals surface area contributed by atoms with Crippen LogP contribution in [0, 0.1) is 12.8 Å². The highest BCUT2D eigenvalue weighted by Gasteiger charge is 2.31. The van der Waals surface area contributed by atoms with E-state index in [1.165, 1.54) is 72.8 Å². The number of amides is 6. The number of benzene rings is 7. The van der Waals surface area contributed by atoms with Crippen LogP contribution in [-0.4, -0.2) is 107 Å². The number of urea groups is 1. The minimum atomic E-state index is -5.45. The Morgan fingerprint density at radius 2 is 0.837 bits per heavy atom. The van der Waals surface area contributed by atoms with Crippen molar-refractivity contribution in [2.24, 2.45) is 5.92 Å². The predicted octanol–water partition coefficient (Wildman–Crippen LogP) is 6.15. The summed E-state index contributed by atoms with van der Waals surface area (Å²) in [4.78, 5) is 60.9. The molecular weight excluding hydrogens is 1260 g/mol. The fourth-order valence-corrected chi connectivity index (χ4v) is 12.8. The molecule has 7 aromatic rings. The summed E-state index contributed by atoms with van der Waals surface area (Å²) in [5, 5.41) is 11.9. The molecular formula is C51H42N6O23S6. The van der Waals surface area contributed by atoms with Crippen molar-refractivity contribution < 1.29 is 102 Å². The number of nitrogens with one attached hydrogen (secondary N) is 6. The van der Waals surface area contributed by atoms with Gasteiger partial charge in [-0.05, 0) is 135 Å². The van der Waals surface area contributed by atoms with E-state index in [4.69, 9.17) is 0 Å². The van der Waals surface area contributed by atoms with Gasteiger partial charge in [0, 0.05) is 61.0 Å². The van der Waals surface area contributed by atoms with Crippen LogP contribution in [-0.2, 0) is 65.5 Å². The molecule has 0 fully saturated rings. The Morgan fingerprint density at radius 3 is 1.28 bits per heavy atom. The second-order valence-electron chi connectivity index (χ2n) is 18.7. The first-order valence-electron chi connectivity index (χ1n) is 23.9. The maximum Gasteiger partial charge on any atom is 0.323 e. The van der Waals surface area contributed by atoms with Gasteiger partial charge >= 0.3 is 6.03 Å². The molecule has 0 unspecified atom stereocenters. The molecule has 0 bridgehead atoms. The highest BCUT2D eigenvalue weighted by atomic mass is 32.2. The summed E-state index contributed by atoms with van der Waals surface area (Å²) in [6, 6.07) is 18.8. The molecule has 29 nitrogen and oxygen atoms in total. The number of carbonyl (C=O) groups is 5. The van der Waals surface area contributed by atoms with Gasteiger partial charge in [-0.2, -0.15) is 50.5 Å². The number of hydrogen-bond acceptors (Lipinski definition) is 17. The summed E-state index contributed by atoms with van der Waals surface area (Å²) < 4.78 is 206. The minimum absolute atomic E-state index is 0.000459. The van der Waals surface area contributed by atoms with E-state index in [0.717, 1.165) is 12.1 Å². The van der Waals surface area contributed by atoms with E-state index in [1.807, 2.05) is 0 Å². The van der Waals surface area contributed by atoms with Crippen LogP contribution in [0.25, 0.3) is 21.5 Å². The Morgan fingerprint density at radius 1 is 0.419 bits per heavy atom. The molecule has 1 aliphatic rings. The molecule has 0 saturated heterocycles. The van der Waals surface area contributed by atoms with Gasteiger partial charge < -0.3 is 31.9 Å². The van der Waals surface area contributed by atoms with E-state index in [9.17, 15) is 102 Å². The molecule has 8 rings (SSSR count). The van der Waals surface area contributed by atoms with Crippen molar-refractivity contribution in [1.29, 1.82) is 0 Å². The maximum absolute atomic E-state index is 13.7. The lowest BCUT2D eigenvalue weighted by Crippen LogP contribution is -2.29. The Balaban J connectivity index is 0.939. The van der Waals surface area contributed by atoms with Crippen LogP contribution in [0.15, 0.2) is 168 Å². The van der Waals surface area contributed by atoms with Gasteiger partial charge in [0.15, 0.2) is 0 Å². The SMILES string of the molecule is CC1=CC[C@H](C(=O)Nc2ccc(S(=O)(=O)O)c3cc(S(=O)(=O)O)cc(S(=O)(=O)O)c23)C=C1NC(=O)c1cccc(NC(=O)Nc2cccc(C(=O)Nc3cc(C(=O)Nc4ccc(S(=O)(=O)O)c5cc(S(=O)(=O)O)cc(S(=O)(=O)O)c45)ccc3C)c2)c1. The lowest BCUT2D eigenvalue weighted by molar-refractivity contribution is -0.118. The van der Waals surface area contributed by atoms with Crippen LogP contribution in [0.5, 0.6) is 0 Å². The number of carbonyl (C=O) groups excluding carboxylic acids is 5. The zero-order chi connectivity index (χ0) is 63.4. The Bertz CT molecular complexity index is 4940. The molecule has 86 heavy (non-hydrogen) atoms. The van der Waals surface area contributed by atoms with Gasteiger partial charge in [0.2, 0.25) is 5.91 Å². The highest BCUT2D eigenvalue weighted by molar-refractivity contribution is 7.88. The first kappa shape index (κ1) is 63.2. The van der Waals surface area contributed by atoms with Crippen molar-refractivity contribution in [3.05, 3.63) is 161 Å². The van der Waals surface area contributed by atoms with Crippen molar-refractivity contribution in [2.75, 3.05) is 26.6 Å². The number of hydrogen-bond donors (Lipinski definition) is 12. The van der Waals surface area contributed by atoms with Crippen molar-refractivity contribution in [2.45, 2.75) is 49.6 Å². The lowest BCUT2D eigenvalue weighted by atomic mass is 9.93. The fraction of sp³-hybridized carbons (Fsp3) is 0.0784. The minimum Gasteiger partial charge on any atom is -0.325 e. The van der Waals surface area contributed by atoms with Crippen molar-refractivity contribution >= 4 is 140 Å². The molecule has 450 valence electrons. The van der Waals surface area contributed by atoms with Crippen LogP contribution in [0.4, 0.5) is 33.2 Å². The number of allylic oxidation sites excluding steroid dienone is 2. The third-order valence-corrected chi connectivity index (χ3v) is 18.0. The monoisotopic (exact) mass is 1300 g/mol. The van der Waals surface area contributed by atoms with E-state index >= 15 is 0 Å². The molecule has 1 atom stereocenters. The average Bonchev–Trinajstić information content (AvgIpc) is 0.808. The van der Waals surface area contributed by atoms with Crippen LogP contribution < -0.4 is 31.9 Å². The largest absolute Gasteiger partial charge is 0.325 e. The fourth-order valence-electron chi connectivity index (χ4n) is 8.77. The number of aryl methyl sites for hydroxylation is 1. The molecule has 1 aliphatic carbocycles. The number of fused-ring (bicyclic) bond motifs is 2. The van der Waals surface area contributed by atoms with E-state index in [0.29, 0.717) is 47.5 Å². The van der Waals surface area contributed by atoms with Gasteiger partial charge in [-0.1, -0.05) is 24.3 Å². The standard InChI is InChI=1S/C51H42N6O23S6/c1-25-9-11-29(49(60)54-37-13-15-41(83(69,70)71)35-21-33(81(63,64)65)23-43(45(35)37)85(75,76)77)19-39(25)56-47(58)27-5-3-7-31(17-27)52-51(62)53-32-8-4-6-28(18-32)48(59)57-40-20-30(12-10-26(40)2)50(61)55-38-14-16-42(84(72,73)74)36-22-34(82(66,67)68)24-44(46(36)38)86(78,79)80/h3-11,13-24,30H,12H2,1-2H3,(H,54,60)(H,55,61)(H,56,58)(H,57,59)(H2,52,53,62)(H,63,64,65)(H,66,67,68)(H,69,70,71)(H,72,73,74)(H,75,76,77)(H,78,79,80)/t30-/m0/s1. The topological polar surface area (TPSA) is 484 Å². The van der Waals surface area contributed by atoms with Gasteiger partial charge in [-0.15, -0.1) is 0 Å². The maximum atomic E-state index is 13.7. The van der Waals surface area contributed by atoms with Crippen LogP contribution in [0.3, 0.4) is 0 Å².